The van der Waals surface area contributed by atoms with Gasteiger partial charge < -0.3 is 9.47 Å². The van der Waals surface area contributed by atoms with E-state index in [2.05, 4.69) is 21.5 Å². The Bertz CT molecular complexity index is 1090. The molecule has 0 spiro atoms. The van der Waals surface area contributed by atoms with Crippen LogP contribution in [0.3, 0.4) is 0 Å². The van der Waals surface area contributed by atoms with Gasteiger partial charge in [0.25, 0.3) is 5.65 Å². The molecule has 0 radical (unpaired) electrons. The first-order valence-electron chi connectivity index (χ1n) is 8.77. The van der Waals surface area contributed by atoms with Gasteiger partial charge in [0.15, 0.2) is 5.43 Å². The average Bonchev–Trinajstić information content (AvgIpc) is 3.12. The molecule has 0 aliphatic carbocycles. The van der Waals surface area contributed by atoms with E-state index in [9.17, 15) is 9.59 Å². The van der Waals surface area contributed by atoms with Crippen molar-refractivity contribution in [2.24, 2.45) is 5.92 Å². The van der Waals surface area contributed by atoms with Crippen LogP contribution in [0.4, 0.5) is 0 Å². The van der Waals surface area contributed by atoms with Crippen LogP contribution < -0.4 is 10.4 Å². The molecule has 7 heteroatoms. The van der Waals surface area contributed by atoms with Crippen molar-refractivity contribution in [3.63, 3.8) is 0 Å². The third-order valence-corrected chi connectivity index (χ3v) is 5.39. The average molecular weight is 350 g/mol. The summed E-state index contributed by atoms with van der Waals surface area (Å²) in [6.07, 6.45) is 6.18. The fourth-order valence-corrected chi connectivity index (χ4v) is 3.92. The highest BCUT2D eigenvalue weighted by Crippen LogP contribution is 2.31. The Balaban J connectivity index is 1.86. The van der Waals surface area contributed by atoms with E-state index in [1.54, 1.807) is 17.2 Å². The van der Waals surface area contributed by atoms with Crippen LogP contribution in [0, 0.1) is 17.2 Å². The topological polar surface area (TPSA) is 96.0 Å². The summed E-state index contributed by atoms with van der Waals surface area (Å²) in [5.74, 6) is 0.222. The van der Waals surface area contributed by atoms with E-state index in [-0.39, 0.29) is 23.8 Å². The minimum absolute atomic E-state index is 0.0310. The van der Waals surface area contributed by atoms with Crippen LogP contribution in [-0.2, 0) is 4.79 Å². The predicted molar refractivity (Wildman–Crippen MR) is 96.2 cm³/mol. The number of carbonyl (C=O) groups excluding carboxylic acids is 1. The molecule has 1 amide bonds. The van der Waals surface area contributed by atoms with Crippen LogP contribution in [0.1, 0.15) is 25.8 Å². The van der Waals surface area contributed by atoms with Crippen LogP contribution in [0.25, 0.3) is 21.9 Å². The molecule has 1 aliphatic heterocycles. The molecule has 0 bridgehead atoms. The number of piperidine rings is 1. The van der Waals surface area contributed by atoms with Crippen LogP contribution in [0.5, 0.6) is 0 Å². The molecule has 2 atom stereocenters. The quantitative estimate of drug-likeness (QED) is 0.760. The lowest BCUT2D eigenvalue weighted by Gasteiger charge is -2.38. The van der Waals surface area contributed by atoms with Gasteiger partial charge in [-0.25, -0.2) is 9.97 Å². The zero-order valence-electron chi connectivity index (χ0n) is 14.5. The highest BCUT2D eigenvalue weighted by atomic mass is 16.2. The Morgan fingerprint density at radius 2 is 2.27 bits per heavy atom. The number of nitrogens with zero attached hydrogens (tertiary/aromatic N) is 3. The molecule has 132 valence electrons. The van der Waals surface area contributed by atoms with Gasteiger partial charge in [-0.1, -0.05) is 6.92 Å². The summed E-state index contributed by atoms with van der Waals surface area (Å²) in [5, 5.41) is 10.4. The normalized spacial score (nSPS) is 20.4. The third-order valence-electron chi connectivity index (χ3n) is 5.39. The zero-order valence-corrected chi connectivity index (χ0v) is 14.5. The number of likely N-dealkylation sites (tertiary alicyclic amines) is 1. The van der Waals surface area contributed by atoms with E-state index in [1.165, 1.54) is 0 Å². The van der Waals surface area contributed by atoms with Crippen molar-refractivity contribution >= 4 is 27.8 Å². The number of H-pyrrole nitrogens is 2. The SMILES string of the molecule is C[C@@H]1CCN(C(=O)CC#N)C[C@@H]1n1ccc(=O)c2c[nH+]c3[nH]ccc3c21. The van der Waals surface area contributed by atoms with Gasteiger partial charge in [-0.15, -0.1) is 0 Å². The fraction of sp³-hybridized carbons (Fsp3) is 0.368. The first-order chi connectivity index (χ1) is 12.6. The number of fused-ring (bicyclic) bond motifs is 3. The molecule has 1 fully saturated rings. The predicted octanol–water partition coefficient (Wildman–Crippen LogP) is 1.62. The van der Waals surface area contributed by atoms with Gasteiger partial charge in [0.1, 0.15) is 12.6 Å². The number of hydrogen-bond acceptors (Lipinski definition) is 3. The number of hydrogen-bond donors (Lipinski definition) is 1. The molecular weight excluding hydrogens is 330 g/mol. The number of aromatic nitrogens is 3. The first-order valence-corrected chi connectivity index (χ1v) is 8.77. The van der Waals surface area contributed by atoms with E-state index in [1.807, 2.05) is 24.5 Å². The summed E-state index contributed by atoms with van der Waals surface area (Å²) in [7, 11) is 0. The molecular formula is C19H20N5O2+. The molecule has 7 nitrogen and oxygen atoms in total. The maximum absolute atomic E-state index is 12.4. The number of amides is 1. The molecule has 26 heavy (non-hydrogen) atoms. The number of rotatable bonds is 2. The zero-order chi connectivity index (χ0) is 18.3. The summed E-state index contributed by atoms with van der Waals surface area (Å²) >= 11 is 0. The smallest absolute Gasteiger partial charge is 0.286 e. The molecule has 1 saturated heterocycles. The third kappa shape index (κ3) is 2.54. The molecule has 4 rings (SSSR count). The summed E-state index contributed by atoms with van der Waals surface area (Å²) in [5.41, 5.74) is 1.70. The second-order valence-electron chi connectivity index (χ2n) is 6.91. The highest BCUT2D eigenvalue weighted by Gasteiger charge is 2.31. The van der Waals surface area contributed by atoms with Gasteiger partial charge in [0.2, 0.25) is 5.91 Å². The van der Waals surface area contributed by atoms with Crippen molar-refractivity contribution in [1.82, 2.24) is 14.5 Å². The minimum Gasteiger partial charge on any atom is -0.341 e. The Kier molecular flexibility index (Phi) is 3.96. The van der Waals surface area contributed by atoms with E-state index in [0.717, 1.165) is 23.0 Å². The van der Waals surface area contributed by atoms with Crippen LogP contribution in [0.15, 0.2) is 35.5 Å². The minimum atomic E-state index is -0.130. The van der Waals surface area contributed by atoms with Crippen molar-refractivity contribution in [2.75, 3.05) is 13.1 Å². The lowest BCUT2D eigenvalue weighted by molar-refractivity contribution is -0.345. The van der Waals surface area contributed by atoms with E-state index in [4.69, 9.17) is 5.26 Å². The van der Waals surface area contributed by atoms with Crippen LogP contribution >= 0.6 is 0 Å². The largest absolute Gasteiger partial charge is 0.341 e. The second kappa shape index (κ2) is 6.30. The van der Waals surface area contributed by atoms with Gasteiger partial charge in [-0.05, 0) is 18.4 Å². The number of nitriles is 1. The molecule has 1 aliphatic rings. The molecule has 0 aromatic carbocycles. The summed E-state index contributed by atoms with van der Waals surface area (Å²) in [6, 6.07) is 5.53. The molecule has 0 saturated carbocycles. The lowest BCUT2D eigenvalue weighted by atomic mass is 9.92. The van der Waals surface area contributed by atoms with Crippen LogP contribution in [-0.4, -0.2) is 33.4 Å². The van der Waals surface area contributed by atoms with Crippen LogP contribution in [0.2, 0.25) is 0 Å². The van der Waals surface area contributed by atoms with Gasteiger partial charge in [-0.3, -0.25) is 9.59 Å². The lowest BCUT2D eigenvalue weighted by Crippen LogP contribution is -2.44. The summed E-state index contributed by atoms with van der Waals surface area (Å²) in [6.45, 7) is 3.39. The first kappa shape index (κ1) is 16.3. The van der Waals surface area contributed by atoms with E-state index in [0.29, 0.717) is 24.4 Å². The Hall–Kier alpha value is -3.14. The van der Waals surface area contributed by atoms with E-state index < -0.39 is 0 Å². The van der Waals surface area contributed by atoms with E-state index >= 15 is 0 Å². The van der Waals surface area contributed by atoms with Gasteiger partial charge >= 0.3 is 0 Å². The number of aromatic amines is 2. The fourth-order valence-electron chi connectivity index (χ4n) is 3.92. The van der Waals surface area contributed by atoms with Crippen molar-refractivity contribution in [2.45, 2.75) is 25.8 Å². The van der Waals surface area contributed by atoms with Gasteiger partial charge in [0, 0.05) is 25.4 Å². The molecule has 3 aromatic heterocycles. The van der Waals surface area contributed by atoms with Crippen molar-refractivity contribution < 1.29 is 9.78 Å². The standard InChI is InChI=1S/C19H19N5O2/c1-12-4-8-23(17(26)2-6-20)11-15(12)24-9-5-16(25)14-10-22-19-13(18(14)24)3-7-21-19/h3,5,7,9-10,12,15H,2,4,8,11H2,1H3,(H,21,22)/p+1/t12-,15+/m1/s1. The van der Waals surface area contributed by atoms with Crippen molar-refractivity contribution in [1.29, 1.82) is 5.26 Å². The Morgan fingerprint density at radius 1 is 1.42 bits per heavy atom. The van der Waals surface area contributed by atoms with Crippen molar-refractivity contribution in [3.05, 3.63) is 40.9 Å². The number of nitrogens with one attached hydrogen (secondary N) is 2. The van der Waals surface area contributed by atoms with Crippen molar-refractivity contribution in [3.8, 4) is 6.07 Å². The molecule has 0 unspecified atom stereocenters. The van der Waals surface area contributed by atoms with Gasteiger partial charge in [0.05, 0.1) is 34.6 Å². The Labute approximate surface area is 149 Å². The molecule has 2 N–H and O–H groups in total. The summed E-state index contributed by atoms with van der Waals surface area (Å²) in [4.78, 5) is 32.6. The maximum atomic E-state index is 12.4. The Morgan fingerprint density at radius 3 is 3.08 bits per heavy atom. The molecule has 3 aromatic rings. The number of carbonyl (C=O) groups is 1. The summed E-state index contributed by atoms with van der Waals surface area (Å²) < 4.78 is 2.12. The maximum Gasteiger partial charge on any atom is 0.286 e. The van der Waals surface area contributed by atoms with Gasteiger partial charge in [-0.2, -0.15) is 5.26 Å². The number of pyridine rings is 2. The highest BCUT2D eigenvalue weighted by molar-refractivity contribution is 6.00. The second-order valence-corrected chi connectivity index (χ2v) is 6.91. The monoisotopic (exact) mass is 350 g/mol. The molecule has 4 heterocycles.